The normalized spacial score (nSPS) is 13.0. The van der Waals surface area contributed by atoms with Crippen molar-refractivity contribution < 1.29 is 0 Å². The summed E-state index contributed by atoms with van der Waals surface area (Å²) < 4.78 is 2.10. The summed E-state index contributed by atoms with van der Waals surface area (Å²) in [6.07, 6.45) is 0. The van der Waals surface area contributed by atoms with Crippen LogP contribution >= 0.6 is 0 Å². The standard InChI is InChI=1S/C50H30BN3O2/c55-49-35-17-7-9-21-41(35)54-42-27-25-31(29-38(42)50(56)37-19-11-18-36(49)48(37)54)32-26-28-44-40(30-32)51-39-20-8-10-22-43(39)52(33-13-3-1-4-14-33)45-23-12-24-46(47(45)51)53(44)34-15-5-2-6-16-34/h1-30H. The maximum absolute atomic E-state index is 14.4. The fourth-order valence-electron chi connectivity index (χ4n) is 9.54. The third-order valence-electron chi connectivity index (χ3n) is 11.9. The molecule has 0 amide bonds. The molecule has 0 saturated carbocycles. The number of aromatic nitrogens is 1. The van der Waals surface area contributed by atoms with E-state index < -0.39 is 0 Å². The Hall–Kier alpha value is -7.44. The first-order valence-electron chi connectivity index (χ1n) is 19.0. The Morgan fingerprint density at radius 2 is 0.893 bits per heavy atom. The number of rotatable bonds is 3. The molecule has 56 heavy (non-hydrogen) atoms. The molecule has 2 aromatic heterocycles. The molecule has 0 saturated heterocycles. The van der Waals surface area contributed by atoms with Gasteiger partial charge in [-0.1, -0.05) is 97.1 Å². The van der Waals surface area contributed by atoms with Gasteiger partial charge in [-0.2, -0.15) is 0 Å². The lowest BCUT2D eigenvalue weighted by Gasteiger charge is -2.44. The second-order valence-corrected chi connectivity index (χ2v) is 14.8. The van der Waals surface area contributed by atoms with Gasteiger partial charge in [0.2, 0.25) is 0 Å². The second-order valence-electron chi connectivity index (χ2n) is 14.8. The molecule has 0 fully saturated rings. The highest BCUT2D eigenvalue weighted by Crippen LogP contribution is 2.44. The van der Waals surface area contributed by atoms with E-state index in [1.54, 1.807) is 0 Å². The Balaban J connectivity index is 1.12. The number of anilines is 6. The summed E-state index contributed by atoms with van der Waals surface area (Å²) in [5.41, 5.74) is 14.6. The highest BCUT2D eigenvalue weighted by molar-refractivity contribution is 7.00. The van der Waals surface area contributed by atoms with Crippen molar-refractivity contribution >= 4 is 95.3 Å². The van der Waals surface area contributed by atoms with Crippen LogP contribution in [0.2, 0.25) is 0 Å². The predicted octanol–water partition coefficient (Wildman–Crippen LogP) is 9.31. The summed E-state index contributed by atoms with van der Waals surface area (Å²) in [6.45, 7) is -0.0285. The predicted molar refractivity (Wildman–Crippen MR) is 233 cm³/mol. The Morgan fingerprint density at radius 1 is 0.375 bits per heavy atom. The van der Waals surface area contributed by atoms with Gasteiger partial charge in [0.25, 0.3) is 6.71 Å². The van der Waals surface area contributed by atoms with Gasteiger partial charge in [0.05, 0.1) is 16.6 Å². The van der Waals surface area contributed by atoms with E-state index in [4.69, 9.17) is 0 Å². The minimum absolute atomic E-state index is 0.0285. The molecule has 10 aromatic rings. The Morgan fingerprint density at radius 3 is 1.62 bits per heavy atom. The van der Waals surface area contributed by atoms with Gasteiger partial charge in [0.1, 0.15) is 0 Å². The zero-order valence-electron chi connectivity index (χ0n) is 30.1. The first-order valence-corrected chi connectivity index (χ1v) is 19.0. The van der Waals surface area contributed by atoms with Crippen LogP contribution in [0.25, 0.3) is 49.2 Å². The van der Waals surface area contributed by atoms with Crippen molar-refractivity contribution in [2.75, 3.05) is 9.80 Å². The molecule has 5 nitrogen and oxygen atoms in total. The molecule has 0 radical (unpaired) electrons. The molecule has 0 N–H and O–H groups in total. The van der Waals surface area contributed by atoms with Crippen LogP contribution in [0.3, 0.4) is 0 Å². The van der Waals surface area contributed by atoms with Gasteiger partial charge >= 0.3 is 0 Å². The van der Waals surface area contributed by atoms with Gasteiger partial charge in [0.15, 0.2) is 10.9 Å². The molecule has 2 aliphatic rings. The number of hydrogen-bond acceptors (Lipinski definition) is 4. The minimum Gasteiger partial charge on any atom is -0.311 e. The molecule has 0 aliphatic carbocycles. The SMILES string of the molecule is O=c1c2ccccc2n2c3ccc(-c4ccc5c(c4)B4c6ccccc6N(c6ccccc6)c6cccc(c64)N5c4ccccc4)cc3c(=O)c3cccc1c32. The van der Waals surface area contributed by atoms with Gasteiger partial charge < -0.3 is 14.2 Å². The third-order valence-corrected chi connectivity index (χ3v) is 11.9. The van der Waals surface area contributed by atoms with E-state index in [0.717, 1.165) is 56.3 Å². The first-order chi connectivity index (χ1) is 27.7. The van der Waals surface area contributed by atoms with Gasteiger partial charge in [-0.25, -0.2) is 0 Å². The third kappa shape index (κ3) is 4.15. The van der Waals surface area contributed by atoms with Crippen molar-refractivity contribution in [3.8, 4) is 11.1 Å². The van der Waals surface area contributed by atoms with Crippen molar-refractivity contribution in [2.45, 2.75) is 0 Å². The van der Waals surface area contributed by atoms with Crippen molar-refractivity contribution in [2.24, 2.45) is 0 Å². The van der Waals surface area contributed by atoms with Crippen molar-refractivity contribution in [1.29, 1.82) is 0 Å². The van der Waals surface area contributed by atoms with Crippen LogP contribution in [0.1, 0.15) is 0 Å². The van der Waals surface area contributed by atoms with Gasteiger partial charge in [-0.05, 0) is 112 Å². The zero-order valence-corrected chi connectivity index (χ0v) is 30.1. The zero-order chi connectivity index (χ0) is 37.1. The Bertz CT molecular complexity index is 3370. The lowest BCUT2D eigenvalue weighted by molar-refractivity contribution is 1.25. The Labute approximate surface area is 322 Å². The molecule has 0 bridgehead atoms. The molecule has 4 heterocycles. The maximum atomic E-state index is 14.4. The number of benzene rings is 8. The topological polar surface area (TPSA) is 45.0 Å². The highest BCUT2D eigenvalue weighted by atomic mass is 16.1. The van der Waals surface area contributed by atoms with Crippen LogP contribution < -0.4 is 37.0 Å². The lowest BCUT2D eigenvalue weighted by Crippen LogP contribution is -2.61. The fraction of sp³-hybridized carbons (Fsp3) is 0. The monoisotopic (exact) mass is 715 g/mol. The van der Waals surface area contributed by atoms with E-state index in [-0.39, 0.29) is 17.6 Å². The molecule has 0 atom stereocenters. The van der Waals surface area contributed by atoms with Crippen LogP contribution in [0, 0.1) is 0 Å². The summed E-state index contributed by atoms with van der Waals surface area (Å²) in [5, 5.41) is 2.36. The van der Waals surface area contributed by atoms with Gasteiger partial charge in [-0.15, -0.1) is 0 Å². The van der Waals surface area contributed by atoms with Crippen LogP contribution in [-0.2, 0) is 0 Å². The quantitative estimate of drug-likeness (QED) is 0.104. The van der Waals surface area contributed by atoms with Crippen LogP contribution in [0.4, 0.5) is 34.1 Å². The second kappa shape index (κ2) is 11.5. The molecule has 2 aliphatic heterocycles. The number of fused-ring (bicyclic) bond motifs is 8. The van der Waals surface area contributed by atoms with E-state index in [2.05, 4.69) is 142 Å². The largest absolute Gasteiger partial charge is 0.311 e. The van der Waals surface area contributed by atoms with Gasteiger partial charge in [0, 0.05) is 55.7 Å². The summed E-state index contributed by atoms with van der Waals surface area (Å²) in [5.74, 6) is 0. The lowest BCUT2D eigenvalue weighted by atomic mass is 9.33. The Kier molecular flexibility index (Phi) is 6.38. The van der Waals surface area contributed by atoms with E-state index in [0.29, 0.717) is 27.1 Å². The molecule has 0 unspecified atom stereocenters. The molecule has 6 heteroatoms. The molecule has 260 valence electrons. The van der Waals surface area contributed by atoms with Crippen molar-refractivity contribution in [3.05, 3.63) is 202 Å². The molecule has 0 spiro atoms. The van der Waals surface area contributed by atoms with E-state index in [1.165, 1.54) is 16.4 Å². The average Bonchev–Trinajstić information content (AvgIpc) is 3.26. The minimum atomic E-state index is -0.0730. The molecule has 12 rings (SSSR count). The smallest absolute Gasteiger partial charge is 0.252 e. The summed E-state index contributed by atoms with van der Waals surface area (Å²) in [6, 6.07) is 62.8. The summed E-state index contributed by atoms with van der Waals surface area (Å²) >= 11 is 0. The average molecular weight is 716 g/mol. The van der Waals surface area contributed by atoms with Crippen LogP contribution in [0.15, 0.2) is 192 Å². The van der Waals surface area contributed by atoms with Crippen molar-refractivity contribution in [1.82, 2.24) is 4.40 Å². The van der Waals surface area contributed by atoms with Crippen LogP contribution in [0.5, 0.6) is 0 Å². The van der Waals surface area contributed by atoms with Crippen LogP contribution in [-0.4, -0.2) is 11.1 Å². The van der Waals surface area contributed by atoms with Gasteiger partial charge in [-0.3, -0.25) is 9.59 Å². The highest BCUT2D eigenvalue weighted by Gasteiger charge is 2.43. The summed E-state index contributed by atoms with van der Waals surface area (Å²) in [4.78, 5) is 32.8. The molecular formula is C50H30BN3O2. The van der Waals surface area contributed by atoms with E-state index in [9.17, 15) is 9.59 Å². The molecule has 8 aromatic carbocycles. The maximum Gasteiger partial charge on any atom is 0.252 e. The number of pyridine rings is 2. The fourth-order valence-corrected chi connectivity index (χ4v) is 9.54. The number of para-hydroxylation sites is 5. The van der Waals surface area contributed by atoms with E-state index in [1.807, 2.05) is 54.6 Å². The summed E-state index contributed by atoms with van der Waals surface area (Å²) in [7, 11) is 0. The van der Waals surface area contributed by atoms with Crippen molar-refractivity contribution in [3.63, 3.8) is 0 Å². The first kappa shape index (κ1) is 31.0. The molecular weight excluding hydrogens is 685 g/mol. The number of nitrogens with zero attached hydrogens (tertiary/aromatic N) is 3. The number of hydrogen-bond donors (Lipinski definition) is 0. The van der Waals surface area contributed by atoms with E-state index >= 15 is 0 Å².